The fraction of sp³-hybridized carbons (Fsp3) is 0.167. The molecule has 0 spiro atoms. The molecule has 1 amide bonds. The molecule has 0 aliphatic heterocycles. The minimum atomic E-state index is -0.651. The molecule has 3 aromatic rings. The average molecular weight is 314 g/mol. The van der Waals surface area contributed by atoms with Crippen LogP contribution in [0.15, 0.2) is 54.7 Å². The maximum Gasteiger partial charge on any atom is 0.222 e. The third kappa shape index (κ3) is 3.39. The van der Waals surface area contributed by atoms with E-state index in [1.54, 1.807) is 0 Å². The summed E-state index contributed by atoms with van der Waals surface area (Å²) in [5, 5.41) is 3.67. The summed E-state index contributed by atoms with van der Waals surface area (Å²) in [6.07, 6.45) is 2.17. The highest BCUT2D eigenvalue weighted by Crippen LogP contribution is 2.15. The van der Waals surface area contributed by atoms with Crippen molar-refractivity contribution in [3.63, 3.8) is 0 Å². The zero-order valence-electron chi connectivity index (χ0n) is 12.4. The molecule has 5 heteroatoms. The zero-order chi connectivity index (χ0) is 16.2. The molecule has 118 valence electrons. The summed E-state index contributed by atoms with van der Waals surface area (Å²) in [7, 11) is 0. The number of benzene rings is 2. The van der Waals surface area contributed by atoms with E-state index in [-0.39, 0.29) is 24.4 Å². The standard InChI is InChI=1S/C18H16F2N2O/c19-15-5-3-6-16(20)14(15)12-21-18(23)9-11-22-10-8-13-4-1-2-7-17(13)22/h1-8,10H,9,11-12H2,(H,21,23). The van der Waals surface area contributed by atoms with Gasteiger partial charge in [0.15, 0.2) is 0 Å². The van der Waals surface area contributed by atoms with Crippen molar-refractivity contribution >= 4 is 16.8 Å². The van der Waals surface area contributed by atoms with Crippen molar-refractivity contribution in [1.82, 2.24) is 9.88 Å². The van der Waals surface area contributed by atoms with Crippen LogP contribution in [0.4, 0.5) is 8.78 Å². The van der Waals surface area contributed by atoms with Crippen LogP contribution in [-0.2, 0) is 17.9 Å². The van der Waals surface area contributed by atoms with Crippen LogP contribution in [0.1, 0.15) is 12.0 Å². The number of amides is 1. The van der Waals surface area contributed by atoms with E-state index in [1.165, 1.54) is 18.2 Å². The highest BCUT2D eigenvalue weighted by Gasteiger charge is 2.10. The highest BCUT2D eigenvalue weighted by molar-refractivity contribution is 5.80. The van der Waals surface area contributed by atoms with E-state index in [0.717, 1.165) is 10.9 Å². The van der Waals surface area contributed by atoms with Crippen LogP contribution >= 0.6 is 0 Å². The number of para-hydroxylation sites is 1. The first kappa shape index (κ1) is 15.2. The predicted octanol–water partition coefficient (Wildman–Crippen LogP) is 3.63. The summed E-state index contributed by atoms with van der Waals surface area (Å²) >= 11 is 0. The summed E-state index contributed by atoms with van der Waals surface area (Å²) in [5.74, 6) is -1.55. The maximum atomic E-state index is 13.5. The molecule has 2 aromatic carbocycles. The Labute approximate surface area is 132 Å². The monoisotopic (exact) mass is 314 g/mol. The van der Waals surface area contributed by atoms with Crippen molar-refractivity contribution in [2.45, 2.75) is 19.5 Å². The van der Waals surface area contributed by atoms with E-state index in [9.17, 15) is 13.6 Å². The zero-order valence-corrected chi connectivity index (χ0v) is 12.4. The van der Waals surface area contributed by atoms with Crippen molar-refractivity contribution in [2.75, 3.05) is 0 Å². The molecule has 0 aliphatic carbocycles. The first-order valence-corrected chi connectivity index (χ1v) is 7.38. The molecular weight excluding hydrogens is 298 g/mol. The third-order valence-electron chi connectivity index (χ3n) is 3.78. The van der Waals surface area contributed by atoms with Gasteiger partial charge in [0.2, 0.25) is 5.91 Å². The van der Waals surface area contributed by atoms with Crippen LogP contribution in [0, 0.1) is 11.6 Å². The van der Waals surface area contributed by atoms with E-state index in [2.05, 4.69) is 5.32 Å². The van der Waals surface area contributed by atoms with E-state index >= 15 is 0 Å². The lowest BCUT2D eigenvalue weighted by Crippen LogP contribution is -2.24. The first-order chi connectivity index (χ1) is 11.1. The molecule has 0 aliphatic rings. The summed E-state index contributed by atoms with van der Waals surface area (Å²) in [5.41, 5.74) is 0.938. The fourth-order valence-electron chi connectivity index (χ4n) is 2.53. The molecule has 0 saturated heterocycles. The molecule has 3 rings (SSSR count). The van der Waals surface area contributed by atoms with Gasteiger partial charge in [0.25, 0.3) is 0 Å². The smallest absolute Gasteiger partial charge is 0.222 e. The third-order valence-corrected chi connectivity index (χ3v) is 3.78. The van der Waals surface area contributed by atoms with Crippen molar-refractivity contribution in [3.05, 3.63) is 71.9 Å². The van der Waals surface area contributed by atoms with Gasteiger partial charge in [-0.25, -0.2) is 8.78 Å². The number of nitrogens with one attached hydrogen (secondary N) is 1. The first-order valence-electron chi connectivity index (χ1n) is 7.38. The number of halogens is 2. The molecule has 0 saturated carbocycles. The molecule has 1 aromatic heterocycles. The number of carbonyl (C=O) groups excluding carboxylic acids is 1. The van der Waals surface area contributed by atoms with Crippen molar-refractivity contribution < 1.29 is 13.6 Å². The lowest BCUT2D eigenvalue weighted by Gasteiger charge is -2.08. The van der Waals surface area contributed by atoms with Gasteiger partial charge in [0.05, 0.1) is 0 Å². The molecule has 0 unspecified atom stereocenters. The largest absolute Gasteiger partial charge is 0.352 e. The van der Waals surface area contributed by atoms with Gasteiger partial charge in [-0.2, -0.15) is 0 Å². The normalized spacial score (nSPS) is 10.9. The second kappa shape index (κ2) is 6.60. The van der Waals surface area contributed by atoms with Gasteiger partial charge in [-0.05, 0) is 29.7 Å². The van der Waals surface area contributed by atoms with Crippen LogP contribution in [-0.4, -0.2) is 10.5 Å². The van der Waals surface area contributed by atoms with Gasteiger partial charge in [-0.15, -0.1) is 0 Å². The minimum Gasteiger partial charge on any atom is -0.352 e. The molecule has 23 heavy (non-hydrogen) atoms. The van der Waals surface area contributed by atoms with E-state index in [0.29, 0.717) is 6.54 Å². The molecule has 1 heterocycles. The number of carbonyl (C=O) groups is 1. The predicted molar refractivity (Wildman–Crippen MR) is 84.8 cm³/mol. The molecule has 0 atom stereocenters. The Kier molecular flexibility index (Phi) is 4.37. The molecular formula is C18H16F2N2O. The Morgan fingerprint density at radius 3 is 2.52 bits per heavy atom. The average Bonchev–Trinajstić information content (AvgIpc) is 2.96. The Bertz CT molecular complexity index is 822. The minimum absolute atomic E-state index is 0.118. The van der Waals surface area contributed by atoms with Crippen LogP contribution in [0.25, 0.3) is 10.9 Å². The Morgan fingerprint density at radius 2 is 1.74 bits per heavy atom. The number of fused-ring (bicyclic) bond motifs is 1. The highest BCUT2D eigenvalue weighted by atomic mass is 19.1. The van der Waals surface area contributed by atoms with Gasteiger partial charge in [0.1, 0.15) is 11.6 Å². The summed E-state index contributed by atoms with van der Waals surface area (Å²) in [6.45, 7) is 0.364. The van der Waals surface area contributed by atoms with Gasteiger partial charge >= 0.3 is 0 Å². The Morgan fingerprint density at radius 1 is 1.00 bits per heavy atom. The van der Waals surface area contributed by atoms with Crippen LogP contribution in [0.3, 0.4) is 0 Å². The van der Waals surface area contributed by atoms with E-state index in [1.807, 2.05) is 41.1 Å². The number of nitrogens with zero attached hydrogens (tertiary/aromatic N) is 1. The number of hydrogen-bond donors (Lipinski definition) is 1. The molecule has 0 radical (unpaired) electrons. The number of aryl methyl sites for hydroxylation is 1. The topological polar surface area (TPSA) is 34.0 Å². The van der Waals surface area contributed by atoms with Gasteiger partial charge < -0.3 is 9.88 Å². The SMILES string of the molecule is O=C(CCn1ccc2ccccc21)NCc1c(F)cccc1F. The molecule has 0 fully saturated rings. The lowest BCUT2D eigenvalue weighted by molar-refractivity contribution is -0.121. The summed E-state index contributed by atoms with van der Waals surface area (Å²) < 4.78 is 29.0. The lowest BCUT2D eigenvalue weighted by atomic mass is 10.2. The van der Waals surface area contributed by atoms with Gasteiger partial charge in [-0.1, -0.05) is 24.3 Å². The quantitative estimate of drug-likeness (QED) is 0.767. The Hall–Kier alpha value is -2.69. The van der Waals surface area contributed by atoms with Crippen LogP contribution in [0.2, 0.25) is 0 Å². The number of aromatic nitrogens is 1. The van der Waals surface area contributed by atoms with Crippen LogP contribution < -0.4 is 5.32 Å². The van der Waals surface area contributed by atoms with Gasteiger partial charge in [-0.3, -0.25) is 4.79 Å². The molecule has 1 N–H and O–H groups in total. The number of hydrogen-bond acceptors (Lipinski definition) is 1. The van der Waals surface area contributed by atoms with E-state index < -0.39 is 11.6 Å². The van der Waals surface area contributed by atoms with Gasteiger partial charge in [0, 0.05) is 36.8 Å². The fourth-order valence-corrected chi connectivity index (χ4v) is 2.53. The number of rotatable bonds is 5. The van der Waals surface area contributed by atoms with Crippen molar-refractivity contribution in [1.29, 1.82) is 0 Å². The maximum absolute atomic E-state index is 13.5. The van der Waals surface area contributed by atoms with Crippen LogP contribution in [0.5, 0.6) is 0 Å². The Balaban J connectivity index is 1.58. The molecule has 0 bridgehead atoms. The van der Waals surface area contributed by atoms with E-state index in [4.69, 9.17) is 0 Å². The summed E-state index contributed by atoms with van der Waals surface area (Å²) in [6, 6.07) is 13.5. The second-order valence-corrected chi connectivity index (χ2v) is 5.29. The molecule has 3 nitrogen and oxygen atoms in total. The van der Waals surface area contributed by atoms with Crippen molar-refractivity contribution in [3.8, 4) is 0 Å². The summed E-state index contributed by atoms with van der Waals surface area (Å²) in [4.78, 5) is 11.9. The van der Waals surface area contributed by atoms with Crippen molar-refractivity contribution in [2.24, 2.45) is 0 Å². The second-order valence-electron chi connectivity index (χ2n) is 5.29.